The number of hydrogen-bond acceptors (Lipinski definition) is 3. The molecule has 146 valence electrons. The van der Waals surface area contributed by atoms with Crippen LogP contribution in [-0.2, 0) is 16.2 Å². The Morgan fingerprint density at radius 2 is 1.86 bits per heavy atom. The Kier molecular flexibility index (Phi) is 5.81. The molecule has 0 saturated heterocycles. The summed E-state index contributed by atoms with van der Waals surface area (Å²) in [6.07, 6.45) is 2.31. The molecule has 4 rings (SSSR count). The number of amides is 1. The fraction of sp³-hybridized carbons (Fsp3) is 0.333. The van der Waals surface area contributed by atoms with Gasteiger partial charge in [-0.2, -0.15) is 0 Å². The van der Waals surface area contributed by atoms with Crippen LogP contribution in [0.25, 0.3) is 0 Å². The van der Waals surface area contributed by atoms with E-state index in [-0.39, 0.29) is 17.9 Å². The highest BCUT2D eigenvalue weighted by Gasteiger charge is 2.36. The van der Waals surface area contributed by atoms with Crippen LogP contribution in [0.2, 0.25) is 15.1 Å². The van der Waals surface area contributed by atoms with E-state index in [2.05, 4.69) is 5.16 Å². The zero-order chi connectivity index (χ0) is 19.7. The lowest BCUT2D eigenvalue weighted by molar-refractivity contribution is -0.135. The molecule has 1 aliphatic heterocycles. The second kappa shape index (κ2) is 8.32. The molecule has 0 radical (unpaired) electrons. The zero-order valence-corrected chi connectivity index (χ0v) is 17.3. The van der Waals surface area contributed by atoms with E-state index in [1.807, 2.05) is 35.2 Å². The van der Waals surface area contributed by atoms with Crippen molar-refractivity contribution < 1.29 is 9.63 Å². The van der Waals surface area contributed by atoms with Gasteiger partial charge in [0.2, 0.25) is 5.91 Å². The molecule has 1 aliphatic carbocycles. The van der Waals surface area contributed by atoms with Crippen molar-refractivity contribution in [3.8, 4) is 0 Å². The Hall–Kier alpha value is -1.75. The Balaban J connectivity index is 1.45. The van der Waals surface area contributed by atoms with Crippen LogP contribution < -0.4 is 0 Å². The number of carbonyl (C=O) groups is 1. The molecule has 1 fully saturated rings. The minimum Gasteiger partial charge on any atom is -0.390 e. The Morgan fingerprint density at radius 1 is 1.07 bits per heavy atom. The number of halogens is 3. The van der Waals surface area contributed by atoms with Gasteiger partial charge in [-0.15, -0.1) is 0 Å². The zero-order valence-electron chi connectivity index (χ0n) is 15.1. The smallest absolute Gasteiger partial charge is 0.226 e. The van der Waals surface area contributed by atoms with E-state index < -0.39 is 0 Å². The third-order valence-electron chi connectivity index (χ3n) is 4.97. The van der Waals surface area contributed by atoms with Crippen LogP contribution >= 0.6 is 34.8 Å². The molecule has 2 aliphatic rings. The Morgan fingerprint density at radius 3 is 2.57 bits per heavy atom. The molecule has 4 nitrogen and oxygen atoms in total. The minimum atomic E-state index is -0.199. The monoisotopic (exact) mass is 436 g/mol. The summed E-state index contributed by atoms with van der Waals surface area (Å²) in [5.41, 5.74) is 2.62. The van der Waals surface area contributed by atoms with Gasteiger partial charge >= 0.3 is 0 Å². The summed E-state index contributed by atoms with van der Waals surface area (Å²) in [5.74, 6) is 0.283. The predicted octanol–water partition coefficient (Wildman–Crippen LogP) is 5.58. The van der Waals surface area contributed by atoms with Crippen LogP contribution in [0.3, 0.4) is 0 Å². The number of carbonyl (C=O) groups excluding carboxylic acids is 1. The van der Waals surface area contributed by atoms with Crippen molar-refractivity contribution >= 4 is 46.4 Å². The molecule has 0 bridgehead atoms. The van der Waals surface area contributed by atoms with E-state index in [1.54, 1.807) is 12.1 Å². The van der Waals surface area contributed by atoms with Gasteiger partial charge in [-0.05, 0) is 36.6 Å². The molecule has 28 heavy (non-hydrogen) atoms. The molecule has 1 amide bonds. The molecule has 0 aromatic heterocycles. The molecule has 2 aromatic rings. The molecular weight excluding hydrogens is 419 g/mol. The van der Waals surface area contributed by atoms with Crippen LogP contribution in [0.1, 0.15) is 30.4 Å². The van der Waals surface area contributed by atoms with Crippen molar-refractivity contribution in [2.45, 2.75) is 31.9 Å². The SMILES string of the molecule is O=C(C1CC1)N(Cc1ccccc1Cl)C[C@@H]1CC(c2ccc(Cl)c(Cl)c2)=NO1. The molecule has 7 heteroatoms. The summed E-state index contributed by atoms with van der Waals surface area (Å²) in [6, 6.07) is 13.0. The molecule has 1 heterocycles. The quantitative estimate of drug-likeness (QED) is 0.592. The van der Waals surface area contributed by atoms with Gasteiger partial charge in [0.05, 0.1) is 22.3 Å². The number of nitrogens with zero attached hydrogens (tertiary/aromatic N) is 2. The first-order valence-corrected chi connectivity index (χ1v) is 10.3. The van der Waals surface area contributed by atoms with Crippen LogP contribution in [0.5, 0.6) is 0 Å². The van der Waals surface area contributed by atoms with Crippen LogP contribution in [0, 0.1) is 5.92 Å². The largest absolute Gasteiger partial charge is 0.390 e. The third-order valence-corrected chi connectivity index (χ3v) is 6.07. The molecule has 1 saturated carbocycles. The maximum Gasteiger partial charge on any atom is 0.226 e. The lowest BCUT2D eigenvalue weighted by atomic mass is 10.0. The van der Waals surface area contributed by atoms with Crippen molar-refractivity contribution in [2.75, 3.05) is 6.54 Å². The fourth-order valence-electron chi connectivity index (χ4n) is 3.27. The summed E-state index contributed by atoms with van der Waals surface area (Å²) in [6.45, 7) is 0.936. The molecule has 1 atom stereocenters. The first-order chi connectivity index (χ1) is 13.5. The van der Waals surface area contributed by atoms with E-state index in [1.165, 1.54) is 0 Å². The maximum atomic E-state index is 12.8. The third kappa shape index (κ3) is 4.45. The summed E-state index contributed by atoms with van der Waals surface area (Å²) in [7, 11) is 0. The first-order valence-electron chi connectivity index (χ1n) is 9.21. The molecular formula is C21H19Cl3N2O2. The number of hydrogen-bond donors (Lipinski definition) is 0. The Bertz CT molecular complexity index is 928. The molecule has 2 aromatic carbocycles. The van der Waals surface area contributed by atoms with Gasteiger partial charge in [0.1, 0.15) is 0 Å². The van der Waals surface area contributed by atoms with E-state index >= 15 is 0 Å². The number of rotatable bonds is 6. The maximum absolute atomic E-state index is 12.8. The van der Waals surface area contributed by atoms with E-state index in [0.717, 1.165) is 29.7 Å². The minimum absolute atomic E-state index is 0.124. The van der Waals surface area contributed by atoms with E-state index in [4.69, 9.17) is 39.6 Å². The highest BCUT2D eigenvalue weighted by Crippen LogP contribution is 2.33. The first kappa shape index (κ1) is 19.6. The highest BCUT2D eigenvalue weighted by atomic mass is 35.5. The average molecular weight is 438 g/mol. The normalized spacial score (nSPS) is 18.5. The van der Waals surface area contributed by atoms with Crippen molar-refractivity contribution in [3.63, 3.8) is 0 Å². The van der Waals surface area contributed by atoms with E-state index in [9.17, 15) is 4.79 Å². The molecule has 0 unspecified atom stereocenters. The lowest BCUT2D eigenvalue weighted by Gasteiger charge is -2.25. The van der Waals surface area contributed by atoms with Crippen molar-refractivity contribution in [3.05, 3.63) is 68.7 Å². The summed E-state index contributed by atoms with van der Waals surface area (Å²) >= 11 is 18.4. The van der Waals surface area contributed by atoms with Gasteiger partial charge < -0.3 is 9.74 Å². The van der Waals surface area contributed by atoms with Gasteiger partial charge in [-0.3, -0.25) is 4.79 Å². The van der Waals surface area contributed by atoms with Crippen LogP contribution in [0.4, 0.5) is 0 Å². The van der Waals surface area contributed by atoms with Gasteiger partial charge in [-0.1, -0.05) is 64.2 Å². The van der Waals surface area contributed by atoms with Gasteiger partial charge in [-0.25, -0.2) is 0 Å². The van der Waals surface area contributed by atoms with Gasteiger partial charge in [0.25, 0.3) is 0 Å². The summed E-state index contributed by atoms with van der Waals surface area (Å²) in [5, 5.41) is 5.85. The second-order valence-corrected chi connectivity index (χ2v) is 8.40. The highest BCUT2D eigenvalue weighted by molar-refractivity contribution is 6.42. The molecule has 0 N–H and O–H groups in total. The van der Waals surface area contributed by atoms with Crippen molar-refractivity contribution in [2.24, 2.45) is 11.1 Å². The van der Waals surface area contributed by atoms with Crippen LogP contribution in [0.15, 0.2) is 47.6 Å². The van der Waals surface area contributed by atoms with Gasteiger partial charge in [0.15, 0.2) is 6.10 Å². The second-order valence-electron chi connectivity index (χ2n) is 7.18. The van der Waals surface area contributed by atoms with E-state index in [0.29, 0.717) is 34.6 Å². The fourth-order valence-corrected chi connectivity index (χ4v) is 3.76. The van der Waals surface area contributed by atoms with Crippen molar-refractivity contribution in [1.82, 2.24) is 4.90 Å². The predicted molar refractivity (Wildman–Crippen MR) is 112 cm³/mol. The number of benzene rings is 2. The molecule has 0 spiro atoms. The Labute approximate surface area is 179 Å². The summed E-state index contributed by atoms with van der Waals surface area (Å²) < 4.78 is 0. The topological polar surface area (TPSA) is 41.9 Å². The summed E-state index contributed by atoms with van der Waals surface area (Å²) in [4.78, 5) is 20.3. The van der Waals surface area contributed by atoms with Gasteiger partial charge in [0, 0.05) is 29.5 Å². The van der Waals surface area contributed by atoms with Crippen LogP contribution in [-0.4, -0.2) is 29.2 Å². The standard InChI is InChI=1S/C21H19Cl3N2O2/c22-17-4-2-1-3-15(17)11-26(21(27)13-5-6-13)12-16-10-20(25-28-16)14-7-8-18(23)19(24)9-14/h1-4,7-9,13,16H,5-6,10-12H2/t16-/m0/s1. The lowest BCUT2D eigenvalue weighted by Crippen LogP contribution is -2.38. The number of oxime groups is 1. The average Bonchev–Trinajstić information content (AvgIpc) is 3.43. The van der Waals surface area contributed by atoms with Crippen molar-refractivity contribution in [1.29, 1.82) is 0 Å².